The monoisotopic (exact) mass is 1120 g/mol. The van der Waals surface area contributed by atoms with Gasteiger partial charge < -0.3 is 20.1 Å². The molecule has 0 heterocycles. The van der Waals surface area contributed by atoms with Crippen molar-refractivity contribution in [2.75, 3.05) is 26.4 Å². The summed E-state index contributed by atoms with van der Waals surface area (Å²) in [6, 6.07) is 0. The van der Waals surface area contributed by atoms with Gasteiger partial charge >= 0.3 is 19.8 Å². The minimum absolute atomic E-state index is 0.0442. The minimum atomic E-state index is -4.40. The number of hydrogen-bond donors (Lipinski definition) is 2. The normalized spacial score (nSPS) is 13.8. The van der Waals surface area contributed by atoms with E-state index >= 15 is 0 Å². The van der Waals surface area contributed by atoms with Crippen LogP contribution in [0.4, 0.5) is 0 Å². The first kappa shape index (κ1) is 75.4. The average molecular weight is 1120 g/mol. The van der Waals surface area contributed by atoms with E-state index in [0.29, 0.717) is 6.42 Å². The van der Waals surface area contributed by atoms with E-state index < -0.39 is 26.5 Å². The third-order valence-electron chi connectivity index (χ3n) is 13.3. The molecule has 0 aromatic heterocycles. The Morgan fingerprint density at radius 1 is 0.392 bits per heavy atom. The standard InChI is InChI=1S/C69H118NO8P/c1-3-5-7-9-11-13-15-17-19-21-23-25-27-29-31-32-33-34-36-37-39-41-43-45-47-49-51-53-55-57-59-61-68(71)75-65-67(66-77-79(73,74)76-64-63-70)78-69(72)62-60-58-56-54-52-50-48-46-44-42-40-38-35-30-28-26-24-22-20-18-16-14-12-10-8-6-4-2/h6,8,12,14-15,17-18,20-21,23-24,26-27,29-30,35,40,42,46,48,67H,3-5,7,9-11,13,16,19,22,25,28,31-34,36-39,41,43-45,47,49-66,70H2,1-2H3,(H,73,74)/b8-6-,14-12-,17-15-,20-18-,23-21-,26-24-,29-27-,35-30-,42-40-,48-46-. The molecular weight excluding hydrogens is 1000 g/mol. The van der Waals surface area contributed by atoms with Gasteiger partial charge in [-0.2, -0.15) is 0 Å². The van der Waals surface area contributed by atoms with Crippen LogP contribution < -0.4 is 5.73 Å². The summed E-state index contributed by atoms with van der Waals surface area (Å²) in [4.78, 5) is 35.3. The molecule has 0 aliphatic rings. The summed E-state index contributed by atoms with van der Waals surface area (Å²) >= 11 is 0. The Morgan fingerprint density at radius 2 is 0.696 bits per heavy atom. The van der Waals surface area contributed by atoms with Crippen LogP contribution in [-0.4, -0.2) is 49.3 Å². The average Bonchev–Trinajstić information content (AvgIpc) is 3.44. The molecule has 79 heavy (non-hydrogen) atoms. The Bertz CT molecular complexity index is 1710. The van der Waals surface area contributed by atoms with Gasteiger partial charge in [-0.15, -0.1) is 0 Å². The number of unbranched alkanes of at least 4 members (excludes halogenated alkanes) is 26. The van der Waals surface area contributed by atoms with Crippen molar-refractivity contribution in [1.82, 2.24) is 0 Å². The van der Waals surface area contributed by atoms with E-state index in [1.165, 1.54) is 128 Å². The number of carbonyl (C=O) groups is 2. The van der Waals surface area contributed by atoms with E-state index in [1.54, 1.807) is 0 Å². The highest BCUT2D eigenvalue weighted by molar-refractivity contribution is 7.47. The molecule has 2 unspecified atom stereocenters. The summed E-state index contributed by atoms with van der Waals surface area (Å²) in [5.41, 5.74) is 5.39. The molecule has 0 amide bonds. The first-order chi connectivity index (χ1) is 38.8. The molecule has 0 aliphatic carbocycles. The fraction of sp³-hybridized carbons (Fsp3) is 0.681. The fourth-order valence-electron chi connectivity index (χ4n) is 8.62. The number of esters is 2. The maximum Gasteiger partial charge on any atom is 0.472 e. The molecule has 0 spiro atoms. The predicted molar refractivity (Wildman–Crippen MR) is 339 cm³/mol. The maximum absolute atomic E-state index is 12.7. The molecule has 10 heteroatoms. The lowest BCUT2D eigenvalue weighted by atomic mass is 10.0. The van der Waals surface area contributed by atoms with Gasteiger partial charge in [0, 0.05) is 19.4 Å². The molecule has 0 saturated carbocycles. The zero-order valence-electron chi connectivity index (χ0n) is 50.6. The first-order valence-electron chi connectivity index (χ1n) is 32.0. The van der Waals surface area contributed by atoms with Gasteiger partial charge in [0.05, 0.1) is 13.2 Å². The number of allylic oxidation sites excluding steroid dienone is 20. The van der Waals surface area contributed by atoms with E-state index in [1.807, 2.05) is 0 Å². The number of rotatable bonds is 59. The van der Waals surface area contributed by atoms with Gasteiger partial charge in [0.1, 0.15) is 6.61 Å². The maximum atomic E-state index is 12.7. The Morgan fingerprint density at radius 3 is 1.04 bits per heavy atom. The zero-order valence-corrected chi connectivity index (χ0v) is 51.5. The molecule has 0 bridgehead atoms. The summed E-state index contributed by atoms with van der Waals surface area (Å²) in [5, 5.41) is 0. The van der Waals surface area contributed by atoms with Crippen molar-refractivity contribution in [3.63, 3.8) is 0 Å². The van der Waals surface area contributed by atoms with Crippen LogP contribution in [0.25, 0.3) is 0 Å². The number of carbonyl (C=O) groups excluding carboxylic acids is 2. The van der Waals surface area contributed by atoms with E-state index in [9.17, 15) is 19.0 Å². The highest BCUT2D eigenvalue weighted by atomic mass is 31.2. The molecule has 9 nitrogen and oxygen atoms in total. The Balaban J connectivity index is 3.99. The second-order valence-corrected chi connectivity index (χ2v) is 22.3. The van der Waals surface area contributed by atoms with Crippen molar-refractivity contribution >= 4 is 19.8 Å². The summed E-state index contributed by atoms with van der Waals surface area (Å²) in [7, 11) is -4.40. The van der Waals surface area contributed by atoms with Crippen molar-refractivity contribution in [1.29, 1.82) is 0 Å². The van der Waals surface area contributed by atoms with Crippen molar-refractivity contribution in [3.8, 4) is 0 Å². The second-order valence-electron chi connectivity index (χ2n) is 20.9. The SMILES string of the molecule is CC/C=C\C/C=C\C/C=C\C/C=C\C/C=C\C/C=C\C/C=C\CCCCCCCC(=O)OC(COC(=O)CCCCCCCCCCCCCCCCCC/C=C\C/C=C\C/C=C\CCCCCCC)COP(=O)(O)OCCN. The molecule has 0 radical (unpaired) electrons. The van der Waals surface area contributed by atoms with Crippen molar-refractivity contribution in [3.05, 3.63) is 122 Å². The van der Waals surface area contributed by atoms with Crippen LogP contribution in [0.1, 0.15) is 271 Å². The second kappa shape index (κ2) is 63.6. The summed E-state index contributed by atoms with van der Waals surface area (Å²) in [6.45, 7) is 3.60. The molecule has 2 atom stereocenters. The molecule has 0 aromatic rings. The number of ether oxygens (including phenoxy) is 2. The molecule has 0 saturated heterocycles. The van der Waals surface area contributed by atoms with Crippen LogP contribution in [0.3, 0.4) is 0 Å². The lowest BCUT2D eigenvalue weighted by Gasteiger charge is -2.19. The van der Waals surface area contributed by atoms with Gasteiger partial charge in [0.15, 0.2) is 6.10 Å². The van der Waals surface area contributed by atoms with E-state index in [-0.39, 0.29) is 38.6 Å². The van der Waals surface area contributed by atoms with Crippen molar-refractivity contribution in [2.45, 2.75) is 277 Å². The molecule has 0 rings (SSSR count). The Hall–Kier alpha value is -3.59. The van der Waals surface area contributed by atoms with E-state index in [0.717, 1.165) is 109 Å². The van der Waals surface area contributed by atoms with Crippen LogP contribution in [0.5, 0.6) is 0 Å². The fourth-order valence-corrected chi connectivity index (χ4v) is 9.39. The summed E-state index contributed by atoms with van der Waals surface area (Å²) < 4.78 is 33.1. The molecule has 0 aromatic carbocycles. The number of phosphoric ester groups is 1. The lowest BCUT2D eigenvalue weighted by Crippen LogP contribution is -2.29. The quantitative estimate of drug-likeness (QED) is 0.0264. The van der Waals surface area contributed by atoms with Gasteiger partial charge in [-0.1, -0.05) is 270 Å². The molecular formula is C69H118NO8P. The topological polar surface area (TPSA) is 134 Å². The van der Waals surface area contributed by atoms with E-state index in [2.05, 4.69) is 135 Å². The smallest absolute Gasteiger partial charge is 0.462 e. The first-order valence-corrected chi connectivity index (χ1v) is 33.5. The summed E-state index contributed by atoms with van der Waals surface area (Å²) in [5.74, 6) is -0.852. The van der Waals surface area contributed by atoms with Crippen LogP contribution in [0.15, 0.2) is 122 Å². The van der Waals surface area contributed by atoms with Crippen molar-refractivity contribution < 1.29 is 37.6 Å². The molecule has 0 aliphatic heterocycles. The third-order valence-corrected chi connectivity index (χ3v) is 14.3. The lowest BCUT2D eigenvalue weighted by molar-refractivity contribution is -0.161. The highest BCUT2D eigenvalue weighted by Crippen LogP contribution is 2.43. The van der Waals surface area contributed by atoms with Crippen LogP contribution in [0, 0.1) is 0 Å². The van der Waals surface area contributed by atoms with Gasteiger partial charge in [-0.3, -0.25) is 18.6 Å². The molecule has 3 N–H and O–H groups in total. The van der Waals surface area contributed by atoms with Crippen LogP contribution in [0.2, 0.25) is 0 Å². The highest BCUT2D eigenvalue weighted by Gasteiger charge is 2.26. The Labute approximate surface area is 485 Å². The Kier molecular flexibility index (Phi) is 60.7. The van der Waals surface area contributed by atoms with Gasteiger partial charge in [-0.05, 0) is 109 Å². The van der Waals surface area contributed by atoms with Crippen LogP contribution >= 0.6 is 7.82 Å². The van der Waals surface area contributed by atoms with Gasteiger partial charge in [0.2, 0.25) is 0 Å². The van der Waals surface area contributed by atoms with Gasteiger partial charge in [-0.25, -0.2) is 4.57 Å². The molecule has 0 fully saturated rings. The largest absolute Gasteiger partial charge is 0.472 e. The summed E-state index contributed by atoms with van der Waals surface area (Å²) in [6.07, 6.45) is 88.4. The zero-order chi connectivity index (χ0) is 57.3. The minimum Gasteiger partial charge on any atom is -0.462 e. The number of hydrogen-bond acceptors (Lipinski definition) is 8. The number of phosphoric acid groups is 1. The predicted octanol–water partition coefficient (Wildman–Crippen LogP) is 20.7. The molecule has 452 valence electrons. The van der Waals surface area contributed by atoms with Crippen molar-refractivity contribution in [2.24, 2.45) is 5.73 Å². The third kappa shape index (κ3) is 63.5. The van der Waals surface area contributed by atoms with Gasteiger partial charge in [0.25, 0.3) is 0 Å². The number of nitrogens with two attached hydrogens (primary N) is 1. The van der Waals surface area contributed by atoms with Crippen LogP contribution in [-0.2, 0) is 32.7 Å². The van der Waals surface area contributed by atoms with E-state index in [4.69, 9.17) is 24.3 Å².